The fraction of sp³-hybridized carbons (Fsp3) is 0.611. The number of carbonyl (C=O) groups is 1. The van der Waals surface area contributed by atoms with Crippen molar-refractivity contribution in [3.63, 3.8) is 0 Å². The molecule has 1 aromatic rings. The van der Waals surface area contributed by atoms with Crippen molar-refractivity contribution in [3.05, 3.63) is 34.9 Å². The number of hydrogen-bond acceptors (Lipinski definition) is 2. The van der Waals surface area contributed by atoms with E-state index in [9.17, 15) is 9.90 Å². The second kappa shape index (κ2) is 5.80. The molecule has 2 unspecified atom stereocenters. The van der Waals surface area contributed by atoms with Gasteiger partial charge in [0.05, 0.1) is 12.1 Å². The number of aliphatic hydroxyl groups is 1. The Balaban J connectivity index is 1.75. The number of benzene rings is 1. The maximum absolute atomic E-state index is 12.6. The van der Waals surface area contributed by atoms with Crippen molar-refractivity contribution in [2.75, 3.05) is 6.61 Å². The minimum Gasteiger partial charge on any atom is -0.394 e. The van der Waals surface area contributed by atoms with Crippen LogP contribution in [0.2, 0.25) is 0 Å². The molecule has 0 saturated heterocycles. The SMILES string of the molecule is CC1CCCC(CO)(NC(=O)c2ccc3c(c2)CCC3)C1. The number of nitrogens with one attached hydrogen (secondary N) is 1. The van der Waals surface area contributed by atoms with E-state index in [1.165, 1.54) is 24.0 Å². The molecular weight excluding hydrogens is 262 g/mol. The van der Waals surface area contributed by atoms with E-state index in [0.29, 0.717) is 5.92 Å². The van der Waals surface area contributed by atoms with Crippen molar-refractivity contribution in [2.24, 2.45) is 5.92 Å². The Bertz CT molecular complexity index is 540. The average Bonchev–Trinajstić information content (AvgIpc) is 2.94. The summed E-state index contributed by atoms with van der Waals surface area (Å²) in [4.78, 5) is 12.6. The first-order valence-corrected chi connectivity index (χ1v) is 8.17. The van der Waals surface area contributed by atoms with Crippen LogP contribution >= 0.6 is 0 Å². The Hall–Kier alpha value is -1.35. The quantitative estimate of drug-likeness (QED) is 0.898. The summed E-state index contributed by atoms with van der Waals surface area (Å²) in [6, 6.07) is 6.05. The zero-order valence-corrected chi connectivity index (χ0v) is 12.8. The summed E-state index contributed by atoms with van der Waals surface area (Å²) in [7, 11) is 0. The Labute approximate surface area is 126 Å². The van der Waals surface area contributed by atoms with E-state index in [-0.39, 0.29) is 12.5 Å². The van der Waals surface area contributed by atoms with E-state index in [0.717, 1.165) is 37.7 Å². The van der Waals surface area contributed by atoms with Gasteiger partial charge < -0.3 is 10.4 Å². The average molecular weight is 287 g/mol. The molecule has 3 heteroatoms. The smallest absolute Gasteiger partial charge is 0.251 e. The van der Waals surface area contributed by atoms with Gasteiger partial charge in [0.25, 0.3) is 5.91 Å². The molecule has 0 aliphatic heterocycles. The van der Waals surface area contributed by atoms with Gasteiger partial charge in [0.2, 0.25) is 0 Å². The Kier molecular flexibility index (Phi) is 4.03. The molecule has 1 fully saturated rings. The van der Waals surface area contributed by atoms with E-state index in [1.807, 2.05) is 12.1 Å². The largest absolute Gasteiger partial charge is 0.394 e. The molecule has 1 amide bonds. The third-order valence-corrected chi connectivity index (χ3v) is 5.13. The first-order chi connectivity index (χ1) is 10.1. The van der Waals surface area contributed by atoms with Gasteiger partial charge in [-0.25, -0.2) is 0 Å². The Morgan fingerprint density at radius 2 is 2.14 bits per heavy atom. The van der Waals surface area contributed by atoms with Crippen LogP contribution in [0.5, 0.6) is 0 Å². The van der Waals surface area contributed by atoms with Gasteiger partial charge in [-0.3, -0.25) is 4.79 Å². The Morgan fingerprint density at radius 1 is 1.33 bits per heavy atom. The normalized spacial score (nSPS) is 28.2. The summed E-state index contributed by atoms with van der Waals surface area (Å²) in [6.07, 6.45) is 7.43. The monoisotopic (exact) mass is 287 g/mol. The fourth-order valence-electron chi connectivity index (χ4n) is 3.98. The molecule has 114 valence electrons. The number of hydrogen-bond donors (Lipinski definition) is 2. The molecular formula is C18H25NO2. The number of aryl methyl sites for hydroxylation is 2. The first kappa shape index (κ1) is 14.6. The van der Waals surface area contributed by atoms with Gasteiger partial charge >= 0.3 is 0 Å². The summed E-state index contributed by atoms with van der Waals surface area (Å²) in [6.45, 7) is 2.24. The van der Waals surface area contributed by atoms with Crippen molar-refractivity contribution in [1.82, 2.24) is 5.32 Å². The van der Waals surface area contributed by atoms with Crippen LogP contribution in [0, 0.1) is 5.92 Å². The van der Waals surface area contributed by atoms with Crippen LogP contribution in [-0.2, 0) is 12.8 Å². The minimum absolute atomic E-state index is 0.0344. The summed E-state index contributed by atoms with van der Waals surface area (Å²) in [5, 5.41) is 12.9. The Morgan fingerprint density at radius 3 is 2.90 bits per heavy atom. The van der Waals surface area contributed by atoms with Crippen molar-refractivity contribution in [1.29, 1.82) is 0 Å². The van der Waals surface area contributed by atoms with E-state index in [4.69, 9.17) is 0 Å². The maximum Gasteiger partial charge on any atom is 0.251 e. The van der Waals surface area contributed by atoms with Gasteiger partial charge in [-0.1, -0.05) is 25.8 Å². The van der Waals surface area contributed by atoms with Crippen molar-refractivity contribution >= 4 is 5.91 Å². The molecule has 0 bridgehead atoms. The molecule has 0 heterocycles. The third kappa shape index (κ3) is 2.98. The molecule has 2 aliphatic rings. The van der Waals surface area contributed by atoms with Gasteiger partial charge in [-0.2, -0.15) is 0 Å². The standard InChI is InChI=1S/C18H25NO2/c1-13-4-3-9-18(11-13,12-20)19-17(21)16-8-7-14-5-2-6-15(14)10-16/h7-8,10,13,20H,2-6,9,11-12H2,1H3,(H,19,21). The van der Waals surface area contributed by atoms with E-state index in [1.54, 1.807) is 0 Å². The lowest BCUT2D eigenvalue weighted by atomic mass is 9.76. The molecule has 21 heavy (non-hydrogen) atoms. The highest BCUT2D eigenvalue weighted by molar-refractivity contribution is 5.95. The van der Waals surface area contributed by atoms with E-state index >= 15 is 0 Å². The summed E-state index contributed by atoms with van der Waals surface area (Å²) in [5.41, 5.74) is 3.02. The minimum atomic E-state index is -0.423. The van der Waals surface area contributed by atoms with Crippen molar-refractivity contribution in [2.45, 2.75) is 57.4 Å². The van der Waals surface area contributed by atoms with Crippen LogP contribution in [0.25, 0.3) is 0 Å². The molecule has 1 saturated carbocycles. The number of amides is 1. The number of rotatable bonds is 3. The van der Waals surface area contributed by atoms with Gasteiger partial charge in [0.1, 0.15) is 0 Å². The second-order valence-electron chi connectivity index (χ2n) is 6.93. The molecule has 0 spiro atoms. The highest BCUT2D eigenvalue weighted by Gasteiger charge is 2.36. The topological polar surface area (TPSA) is 49.3 Å². The molecule has 3 rings (SSSR count). The highest BCUT2D eigenvalue weighted by Crippen LogP contribution is 2.32. The summed E-state index contributed by atoms with van der Waals surface area (Å²) >= 11 is 0. The van der Waals surface area contributed by atoms with Crippen LogP contribution in [-0.4, -0.2) is 23.2 Å². The zero-order chi connectivity index (χ0) is 14.9. The van der Waals surface area contributed by atoms with Crippen molar-refractivity contribution in [3.8, 4) is 0 Å². The molecule has 3 nitrogen and oxygen atoms in total. The van der Waals surface area contributed by atoms with E-state index < -0.39 is 5.54 Å². The lowest BCUT2D eigenvalue weighted by Gasteiger charge is -2.39. The molecule has 2 N–H and O–H groups in total. The zero-order valence-electron chi connectivity index (χ0n) is 12.8. The molecule has 2 atom stereocenters. The van der Waals surface area contributed by atoms with Gasteiger partial charge in [0.15, 0.2) is 0 Å². The lowest BCUT2D eigenvalue weighted by Crippen LogP contribution is -2.53. The molecule has 1 aromatic carbocycles. The highest BCUT2D eigenvalue weighted by atomic mass is 16.3. The fourth-order valence-corrected chi connectivity index (χ4v) is 3.98. The van der Waals surface area contributed by atoms with Gasteiger partial charge in [-0.05, 0) is 61.3 Å². The maximum atomic E-state index is 12.6. The summed E-state index contributed by atoms with van der Waals surface area (Å²) < 4.78 is 0. The predicted molar refractivity (Wildman–Crippen MR) is 83.4 cm³/mol. The van der Waals surface area contributed by atoms with Crippen LogP contribution in [0.4, 0.5) is 0 Å². The van der Waals surface area contributed by atoms with Crippen LogP contribution in [0.15, 0.2) is 18.2 Å². The number of aliphatic hydroxyl groups excluding tert-OH is 1. The molecule has 0 radical (unpaired) electrons. The predicted octanol–water partition coefficient (Wildman–Crippen LogP) is 2.85. The van der Waals surface area contributed by atoms with Crippen LogP contribution in [0.3, 0.4) is 0 Å². The summed E-state index contributed by atoms with van der Waals surface area (Å²) in [5.74, 6) is 0.527. The van der Waals surface area contributed by atoms with Gasteiger partial charge in [0, 0.05) is 5.56 Å². The first-order valence-electron chi connectivity index (χ1n) is 8.17. The third-order valence-electron chi connectivity index (χ3n) is 5.13. The van der Waals surface area contributed by atoms with Crippen LogP contribution < -0.4 is 5.32 Å². The van der Waals surface area contributed by atoms with E-state index in [2.05, 4.69) is 18.3 Å². The second-order valence-corrected chi connectivity index (χ2v) is 6.93. The number of carbonyl (C=O) groups excluding carboxylic acids is 1. The van der Waals surface area contributed by atoms with Gasteiger partial charge in [-0.15, -0.1) is 0 Å². The molecule has 2 aliphatic carbocycles. The van der Waals surface area contributed by atoms with Crippen molar-refractivity contribution < 1.29 is 9.90 Å². The van der Waals surface area contributed by atoms with Crippen LogP contribution in [0.1, 0.15) is 60.5 Å². The lowest BCUT2D eigenvalue weighted by molar-refractivity contribution is 0.0697. The molecule has 0 aromatic heterocycles. The number of fused-ring (bicyclic) bond motifs is 1.